The van der Waals surface area contributed by atoms with Gasteiger partial charge in [-0.3, -0.25) is 9.48 Å². The van der Waals surface area contributed by atoms with Crippen molar-refractivity contribution in [2.45, 2.75) is 13.5 Å². The molecule has 0 aliphatic rings. The van der Waals surface area contributed by atoms with Crippen molar-refractivity contribution in [3.8, 4) is 11.3 Å². The smallest absolute Gasteiger partial charge is 0.248 e. The highest BCUT2D eigenvalue weighted by atomic mass is 16.1. The van der Waals surface area contributed by atoms with Gasteiger partial charge < -0.3 is 5.73 Å². The number of primary amides is 1. The minimum atomic E-state index is -0.407. The fraction of sp³-hybridized carbons (Fsp3) is 0.167. The second kappa shape index (κ2) is 4.18. The number of hydrogen-bond acceptors (Lipinski definition) is 2. The molecule has 1 aromatic heterocycles. The standard InChI is InChI=1S/C12H13N3O/c1-2-15-11(7-8-14-15)9-3-5-10(6-4-9)12(13)16/h3-8H,2H2,1H3,(H2,13,16). The van der Waals surface area contributed by atoms with Crippen molar-refractivity contribution in [3.05, 3.63) is 42.1 Å². The van der Waals surface area contributed by atoms with Crippen LogP contribution in [-0.2, 0) is 6.54 Å². The maximum Gasteiger partial charge on any atom is 0.248 e. The average molecular weight is 215 g/mol. The first kappa shape index (κ1) is 10.4. The zero-order chi connectivity index (χ0) is 11.5. The van der Waals surface area contributed by atoms with Crippen molar-refractivity contribution in [1.29, 1.82) is 0 Å². The summed E-state index contributed by atoms with van der Waals surface area (Å²) in [6.45, 7) is 2.86. The summed E-state index contributed by atoms with van der Waals surface area (Å²) in [5, 5.41) is 4.19. The van der Waals surface area contributed by atoms with Crippen LogP contribution in [0.2, 0.25) is 0 Å². The molecule has 0 spiro atoms. The quantitative estimate of drug-likeness (QED) is 0.846. The molecule has 0 bridgehead atoms. The van der Waals surface area contributed by atoms with E-state index in [2.05, 4.69) is 5.10 Å². The van der Waals surface area contributed by atoms with Crippen molar-refractivity contribution >= 4 is 5.91 Å². The van der Waals surface area contributed by atoms with Crippen LogP contribution < -0.4 is 5.73 Å². The van der Waals surface area contributed by atoms with Crippen molar-refractivity contribution in [2.24, 2.45) is 5.73 Å². The molecule has 2 N–H and O–H groups in total. The minimum Gasteiger partial charge on any atom is -0.366 e. The van der Waals surface area contributed by atoms with Crippen LogP contribution in [0, 0.1) is 0 Å². The maximum atomic E-state index is 10.9. The van der Waals surface area contributed by atoms with Gasteiger partial charge >= 0.3 is 0 Å². The molecule has 0 fully saturated rings. The number of aryl methyl sites for hydroxylation is 1. The Morgan fingerprint density at radius 1 is 1.31 bits per heavy atom. The molecule has 0 unspecified atom stereocenters. The van der Waals surface area contributed by atoms with Crippen LogP contribution in [0.5, 0.6) is 0 Å². The van der Waals surface area contributed by atoms with Gasteiger partial charge in [0.15, 0.2) is 0 Å². The number of carbonyl (C=O) groups is 1. The molecule has 2 rings (SSSR count). The predicted molar refractivity (Wildman–Crippen MR) is 61.9 cm³/mol. The number of benzene rings is 1. The largest absolute Gasteiger partial charge is 0.366 e. The van der Waals surface area contributed by atoms with E-state index in [4.69, 9.17) is 5.73 Å². The highest BCUT2D eigenvalue weighted by Gasteiger charge is 2.05. The molecule has 0 aliphatic carbocycles. The van der Waals surface area contributed by atoms with Gasteiger partial charge in [0.05, 0.1) is 5.69 Å². The van der Waals surface area contributed by atoms with Crippen molar-refractivity contribution in [1.82, 2.24) is 9.78 Å². The summed E-state index contributed by atoms with van der Waals surface area (Å²) in [7, 11) is 0. The molecular formula is C12H13N3O. The van der Waals surface area contributed by atoms with Crippen LogP contribution in [0.15, 0.2) is 36.5 Å². The second-order valence-corrected chi connectivity index (χ2v) is 3.47. The SMILES string of the molecule is CCn1nccc1-c1ccc(C(N)=O)cc1. The Hall–Kier alpha value is -2.10. The van der Waals surface area contributed by atoms with Crippen LogP contribution >= 0.6 is 0 Å². The van der Waals surface area contributed by atoms with E-state index in [1.807, 2.05) is 29.8 Å². The molecule has 16 heavy (non-hydrogen) atoms. The number of hydrogen-bond donors (Lipinski definition) is 1. The molecule has 82 valence electrons. The van der Waals surface area contributed by atoms with Crippen LogP contribution in [0.4, 0.5) is 0 Å². The molecule has 1 aromatic carbocycles. The third-order valence-corrected chi connectivity index (χ3v) is 2.48. The Morgan fingerprint density at radius 2 is 2.00 bits per heavy atom. The lowest BCUT2D eigenvalue weighted by molar-refractivity contribution is 0.100. The van der Waals surface area contributed by atoms with Gasteiger partial charge in [-0.1, -0.05) is 12.1 Å². The summed E-state index contributed by atoms with van der Waals surface area (Å²) < 4.78 is 1.90. The number of carbonyl (C=O) groups excluding carboxylic acids is 1. The molecule has 1 heterocycles. The summed E-state index contributed by atoms with van der Waals surface area (Å²) in [4.78, 5) is 10.9. The third-order valence-electron chi connectivity index (χ3n) is 2.48. The first-order chi connectivity index (χ1) is 7.72. The van der Waals surface area contributed by atoms with E-state index in [9.17, 15) is 4.79 Å². The number of rotatable bonds is 3. The molecule has 4 nitrogen and oxygen atoms in total. The lowest BCUT2D eigenvalue weighted by Gasteiger charge is -2.05. The van der Waals surface area contributed by atoms with Crippen LogP contribution in [0.3, 0.4) is 0 Å². The van der Waals surface area contributed by atoms with Gasteiger partial charge in [-0.05, 0) is 30.7 Å². The zero-order valence-corrected chi connectivity index (χ0v) is 9.05. The molecule has 0 saturated carbocycles. The number of nitrogens with two attached hydrogens (primary N) is 1. The Labute approximate surface area is 93.7 Å². The summed E-state index contributed by atoms with van der Waals surface area (Å²) >= 11 is 0. The molecule has 0 saturated heterocycles. The number of amides is 1. The Morgan fingerprint density at radius 3 is 2.56 bits per heavy atom. The summed E-state index contributed by atoms with van der Waals surface area (Å²) in [6, 6.07) is 9.16. The average Bonchev–Trinajstić information content (AvgIpc) is 2.77. The molecule has 0 radical (unpaired) electrons. The highest BCUT2D eigenvalue weighted by Crippen LogP contribution is 2.19. The predicted octanol–water partition coefficient (Wildman–Crippen LogP) is 1.67. The fourth-order valence-electron chi connectivity index (χ4n) is 1.64. The normalized spacial score (nSPS) is 10.3. The Kier molecular flexibility index (Phi) is 2.72. The Balaban J connectivity index is 2.38. The minimum absolute atomic E-state index is 0.407. The maximum absolute atomic E-state index is 10.9. The van der Waals surface area contributed by atoms with Crippen LogP contribution in [0.1, 0.15) is 17.3 Å². The van der Waals surface area contributed by atoms with Crippen molar-refractivity contribution < 1.29 is 4.79 Å². The fourth-order valence-corrected chi connectivity index (χ4v) is 1.64. The van der Waals surface area contributed by atoms with Gasteiger partial charge in [-0.2, -0.15) is 5.10 Å². The third kappa shape index (κ3) is 1.82. The van der Waals surface area contributed by atoms with E-state index in [1.165, 1.54) is 0 Å². The van der Waals surface area contributed by atoms with E-state index >= 15 is 0 Å². The van der Waals surface area contributed by atoms with E-state index in [0.29, 0.717) is 5.56 Å². The van der Waals surface area contributed by atoms with E-state index in [1.54, 1.807) is 18.3 Å². The van der Waals surface area contributed by atoms with Gasteiger partial charge in [-0.25, -0.2) is 0 Å². The Bertz CT molecular complexity index is 499. The lowest BCUT2D eigenvalue weighted by Crippen LogP contribution is -2.10. The monoisotopic (exact) mass is 215 g/mol. The first-order valence-corrected chi connectivity index (χ1v) is 5.14. The van der Waals surface area contributed by atoms with Crippen molar-refractivity contribution in [3.63, 3.8) is 0 Å². The van der Waals surface area contributed by atoms with E-state index in [-0.39, 0.29) is 0 Å². The van der Waals surface area contributed by atoms with Crippen LogP contribution in [-0.4, -0.2) is 15.7 Å². The molecule has 0 aliphatic heterocycles. The van der Waals surface area contributed by atoms with Crippen molar-refractivity contribution in [2.75, 3.05) is 0 Å². The lowest BCUT2D eigenvalue weighted by atomic mass is 10.1. The first-order valence-electron chi connectivity index (χ1n) is 5.14. The second-order valence-electron chi connectivity index (χ2n) is 3.47. The van der Waals surface area contributed by atoms with E-state index < -0.39 is 5.91 Å². The number of nitrogens with zero attached hydrogens (tertiary/aromatic N) is 2. The topological polar surface area (TPSA) is 60.9 Å². The zero-order valence-electron chi connectivity index (χ0n) is 9.05. The van der Waals surface area contributed by atoms with Gasteiger partial charge in [0.2, 0.25) is 5.91 Å². The number of aromatic nitrogens is 2. The van der Waals surface area contributed by atoms with Gasteiger partial charge in [-0.15, -0.1) is 0 Å². The van der Waals surface area contributed by atoms with Gasteiger partial charge in [0, 0.05) is 18.3 Å². The molecule has 0 atom stereocenters. The summed E-state index contributed by atoms with van der Waals surface area (Å²) in [5.74, 6) is -0.407. The molecule has 4 heteroatoms. The molecule has 1 amide bonds. The van der Waals surface area contributed by atoms with E-state index in [0.717, 1.165) is 17.8 Å². The molecule has 2 aromatic rings. The summed E-state index contributed by atoms with van der Waals surface area (Å²) in [6.07, 6.45) is 1.76. The van der Waals surface area contributed by atoms with Crippen LogP contribution in [0.25, 0.3) is 11.3 Å². The summed E-state index contributed by atoms with van der Waals surface area (Å²) in [5.41, 5.74) is 7.77. The highest BCUT2D eigenvalue weighted by molar-refractivity contribution is 5.93. The van der Waals surface area contributed by atoms with Gasteiger partial charge in [0.25, 0.3) is 0 Å². The van der Waals surface area contributed by atoms with Gasteiger partial charge in [0.1, 0.15) is 0 Å². The molecular weight excluding hydrogens is 202 g/mol.